The van der Waals surface area contributed by atoms with Gasteiger partial charge in [-0.1, -0.05) is 19.8 Å². The highest BCUT2D eigenvalue weighted by molar-refractivity contribution is 4.83. The van der Waals surface area contributed by atoms with E-state index in [1.54, 1.807) is 0 Å². The van der Waals surface area contributed by atoms with Gasteiger partial charge in [0.2, 0.25) is 0 Å². The van der Waals surface area contributed by atoms with Crippen molar-refractivity contribution >= 4 is 0 Å². The molecule has 0 radical (unpaired) electrons. The molecule has 0 aromatic carbocycles. The summed E-state index contributed by atoms with van der Waals surface area (Å²) in [6.45, 7) is 12.2. The van der Waals surface area contributed by atoms with Crippen LogP contribution in [0, 0.1) is 5.92 Å². The Bertz CT molecular complexity index is 207. The van der Waals surface area contributed by atoms with Gasteiger partial charge in [0.15, 0.2) is 0 Å². The summed E-state index contributed by atoms with van der Waals surface area (Å²) in [6, 6.07) is 1.63. The van der Waals surface area contributed by atoms with E-state index < -0.39 is 0 Å². The summed E-state index contributed by atoms with van der Waals surface area (Å²) in [5.74, 6) is 0.960. The van der Waals surface area contributed by atoms with Gasteiger partial charge in [0.1, 0.15) is 0 Å². The van der Waals surface area contributed by atoms with E-state index in [0.29, 0.717) is 0 Å². The smallest absolute Gasteiger partial charge is 0.0113 e. The van der Waals surface area contributed by atoms with Crippen LogP contribution in [0.1, 0.15) is 46.5 Å². The molecule has 0 aromatic heterocycles. The van der Waals surface area contributed by atoms with Crippen molar-refractivity contribution in [1.82, 2.24) is 9.80 Å². The van der Waals surface area contributed by atoms with Crippen LogP contribution in [0.2, 0.25) is 0 Å². The topological polar surface area (TPSA) is 6.48 Å². The van der Waals surface area contributed by atoms with Crippen LogP contribution >= 0.6 is 0 Å². The molecule has 1 saturated carbocycles. The minimum Gasteiger partial charge on any atom is -0.298 e. The van der Waals surface area contributed by atoms with Crippen LogP contribution in [-0.4, -0.2) is 48.1 Å². The fraction of sp³-hybridized carbons (Fsp3) is 1.00. The molecular weight excluding hydrogens is 196 g/mol. The molecular formula is C14H28N2. The van der Waals surface area contributed by atoms with E-state index in [9.17, 15) is 0 Å². The molecule has 0 aromatic rings. The van der Waals surface area contributed by atoms with Crippen LogP contribution < -0.4 is 0 Å². The number of hydrogen-bond donors (Lipinski definition) is 0. The second-order valence-corrected chi connectivity index (χ2v) is 6.09. The molecule has 0 bridgehead atoms. The van der Waals surface area contributed by atoms with Crippen LogP contribution in [0.5, 0.6) is 0 Å². The monoisotopic (exact) mass is 224 g/mol. The maximum atomic E-state index is 2.76. The summed E-state index contributed by atoms with van der Waals surface area (Å²) in [4.78, 5) is 5.37. The molecule has 16 heavy (non-hydrogen) atoms. The van der Waals surface area contributed by atoms with Crippen LogP contribution in [-0.2, 0) is 0 Å². The van der Waals surface area contributed by atoms with E-state index in [1.165, 1.54) is 51.9 Å². The zero-order valence-corrected chi connectivity index (χ0v) is 11.3. The van der Waals surface area contributed by atoms with Gasteiger partial charge < -0.3 is 0 Å². The van der Waals surface area contributed by atoms with Crippen molar-refractivity contribution in [1.29, 1.82) is 0 Å². The van der Waals surface area contributed by atoms with E-state index >= 15 is 0 Å². The molecule has 0 amide bonds. The third-order valence-electron chi connectivity index (χ3n) is 4.50. The van der Waals surface area contributed by atoms with Gasteiger partial charge >= 0.3 is 0 Å². The van der Waals surface area contributed by atoms with Crippen molar-refractivity contribution in [2.45, 2.75) is 58.5 Å². The Labute approximate surface area is 101 Å². The minimum atomic E-state index is 0.729. The van der Waals surface area contributed by atoms with Crippen molar-refractivity contribution < 1.29 is 0 Å². The van der Waals surface area contributed by atoms with Gasteiger partial charge in [-0.05, 0) is 32.6 Å². The van der Waals surface area contributed by atoms with Crippen LogP contribution in [0.25, 0.3) is 0 Å². The zero-order valence-electron chi connectivity index (χ0n) is 11.3. The molecule has 1 aliphatic heterocycles. The molecule has 2 heteroatoms. The summed E-state index contributed by atoms with van der Waals surface area (Å²) in [5.41, 5.74) is 0. The van der Waals surface area contributed by atoms with E-state index in [4.69, 9.17) is 0 Å². The van der Waals surface area contributed by atoms with E-state index in [-0.39, 0.29) is 0 Å². The van der Waals surface area contributed by atoms with Gasteiger partial charge in [-0.2, -0.15) is 0 Å². The fourth-order valence-electron chi connectivity index (χ4n) is 3.35. The van der Waals surface area contributed by atoms with Crippen molar-refractivity contribution in [2.75, 3.05) is 26.2 Å². The number of piperazine rings is 1. The molecule has 0 N–H and O–H groups in total. The molecule has 2 rings (SSSR count). The van der Waals surface area contributed by atoms with Gasteiger partial charge in [-0.3, -0.25) is 9.80 Å². The van der Waals surface area contributed by atoms with E-state index in [0.717, 1.165) is 18.0 Å². The highest BCUT2D eigenvalue weighted by atomic mass is 15.3. The Hall–Kier alpha value is -0.0800. The first-order valence-corrected chi connectivity index (χ1v) is 7.15. The predicted molar refractivity (Wildman–Crippen MR) is 69.7 cm³/mol. The Morgan fingerprint density at radius 2 is 1.69 bits per heavy atom. The first kappa shape index (κ1) is 12.4. The predicted octanol–water partition coefficient (Wildman–Crippen LogP) is 2.59. The summed E-state index contributed by atoms with van der Waals surface area (Å²) >= 11 is 0. The number of nitrogens with zero attached hydrogens (tertiary/aromatic N) is 2. The van der Waals surface area contributed by atoms with Crippen molar-refractivity contribution in [2.24, 2.45) is 5.92 Å². The van der Waals surface area contributed by atoms with E-state index in [1.807, 2.05) is 0 Å². The maximum absolute atomic E-state index is 2.76. The minimum absolute atomic E-state index is 0.729. The molecule has 94 valence electrons. The Morgan fingerprint density at radius 1 is 1.00 bits per heavy atom. The molecule has 1 aliphatic carbocycles. The Morgan fingerprint density at radius 3 is 2.25 bits per heavy atom. The zero-order chi connectivity index (χ0) is 11.5. The number of rotatable bonds is 2. The van der Waals surface area contributed by atoms with Gasteiger partial charge in [0.25, 0.3) is 0 Å². The van der Waals surface area contributed by atoms with Crippen molar-refractivity contribution in [3.05, 3.63) is 0 Å². The van der Waals surface area contributed by atoms with Gasteiger partial charge in [-0.15, -0.1) is 0 Å². The molecule has 1 saturated heterocycles. The second kappa shape index (κ2) is 5.50. The van der Waals surface area contributed by atoms with Crippen molar-refractivity contribution in [3.8, 4) is 0 Å². The largest absolute Gasteiger partial charge is 0.298 e. The highest BCUT2D eigenvalue weighted by Gasteiger charge is 2.27. The lowest BCUT2D eigenvalue weighted by Crippen LogP contribution is -2.52. The quantitative estimate of drug-likeness (QED) is 0.711. The SMILES string of the molecule is CC(C)N1CCN([C@@H]2CCC[C@H](C)C2)CC1. The van der Waals surface area contributed by atoms with Crippen LogP contribution in [0.3, 0.4) is 0 Å². The lowest BCUT2D eigenvalue weighted by atomic mass is 9.86. The Balaban J connectivity index is 1.79. The lowest BCUT2D eigenvalue weighted by Gasteiger charge is -2.43. The van der Waals surface area contributed by atoms with Gasteiger partial charge in [0.05, 0.1) is 0 Å². The molecule has 0 unspecified atom stereocenters. The molecule has 1 heterocycles. The summed E-state index contributed by atoms with van der Waals surface area (Å²) in [5, 5.41) is 0. The van der Waals surface area contributed by atoms with Crippen molar-refractivity contribution in [3.63, 3.8) is 0 Å². The lowest BCUT2D eigenvalue weighted by molar-refractivity contribution is 0.0561. The molecule has 2 nitrogen and oxygen atoms in total. The first-order valence-electron chi connectivity index (χ1n) is 7.15. The second-order valence-electron chi connectivity index (χ2n) is 6.09. The third-order valence-corrected chi connectivity index (χ3v) is 4.50. The third kappa shape index (κ3) is 2.98. The summed E-state index contributed by atoms with van der Waals surface area (Å²) in [6.07, 6.45) is 5.81. The van der Waals surface area contributed by atoms with Crippen LogP contribution in [0.15, 0.2) is 0 Å². The fourth-order valence-corrected chi connectivity index (χ4v) is 3.35. The first-order chi connectivity index (χ1) is 7.66. The van der Waals surface area contributed by atoms with Gasteiger partial charge in [0, 0.05) is 38.3 Å². The molecule has 0 spiro atoms. The summed E-state index contributed by atoms with van der Waals surface area (Å²) < 4.78 is 0. The van der Waals surface area contributed by atoms with E-state index in [2.05, 4.69) is 30.6 Å². The Kier molecular flexibility index (Phi) is 4.26. The van der Waals surface area contributed by atoms with Gasteiger partial charge in [-0.25, -0.2) is 0 Å². The average molecular weight is 224 g/mol. The molecule has 2 atom stereocenters. The molecule has 2 aliphatic rings. The number of hydrogen-bond acceptors (Lipinski definition) is 2. The average Bonchev–Trinajstić information content (AvgIpc) is 2.29. The highest BCUT2D eigenvalue weighted by Crippen LogP contribution is 2.27. The summed E-state index contributed by atoms with van der Waals surface area (Å²) in [7, 11) is 0. The standard InChI is InChI=1S/C14H28N2/c1-12(2)15-7-9-16(10-8-15)14-6-4-5-13(3)11-14/h12-14H,4-11H2,1-3H3/t13-,14+/m0/s1. The van der Waals surface area contributed by atoms with Crippen LogP contribution in [0.4, 0.5) is 0 Å². The maximum Gasteiger partial charge on any atom is 0.0113 e. The normalized spacial score (nSPS) is 34.5. The molecule has 2 fully saturated rings.